The van der Waals surface area contributed by atoms with Crippen molar-refractivity contribution in [1.82, 2.24) is 0 Å². The minimum absolute atomic E-state index is 0.0593. The van der Waals surface area contributed by atoms with Crippen molar-refractivity contribution in [2.24, 2.45) is 0 Å². The Morgan fingerprint density at radius 1 is 1.21 bits per heavy atom. The van der Waals surface area contributed by atoms with E-state index in [1.165, 1.54) is 0 Å². The van der Waals surface area contributed by atoms with Crippen LogP contribution in [0.15, 0.2) is 36.4 Å². The molecule has 0 heterocycles. The molecule has 0 amide bonds. The molecular formula is C15H17NO3. The van der Waals surface area contributed by atoms with E-state index in [1.807, 2.05) is 31.2 Å². The van der Waals surface area contributed by atoms with E-state index in [4.69, 9.17) is 5.11 Å². The number of aromatic hydroxyl groups is 1. The van der Waals surface area contributed by atoms with Crippen molar-refractivity contribution in [3.8, 4) is 5.75 Å². The van der Waals surface area contributed by atoms with Crippen LogP contribution in [-0.2, 0) is 4.79 Å². The monoisotopic (exact) mass is 259 g/mol. The highest BCUT2D eigenvalue weighted by Crippen LogP contribution is 2.30. The lowest BCUT2D eigenvalue weighted by atomic mass is 10.1. The molecule has 2 aromatic carbocycles. The molecule has 0 spiro atoms. The number of anilines is 1. The van der Waals surface area contributed by atoms with Gasteiger partial charge in [0.1, 0.15) is 5.75 Å². The third-order valence-corrected chi connectivity index (χ3v) is 3.09. The summed E-state index contributed by atoms with van der Waals surface area (Å²) in [6.45, 7) is 1.95. The highest BCUT2D eigenvalue weighted by molar-refractivity contribution is 5.97. The first kappa shape index (κ1) is 13.2. The van der Waals surface area contributed by atoms with Gasteiger partial charge in [0.25, 0.3) is 0 Å². The number of phenolic OH excluding ortho intramolecular Hbond substituents is 1. The Kier molecular flexibility index (Phi) is 3.90. The van der Waals surface area contributed by atoms with Gasteiger partial charge < -0.3 is 15.5 Å². The van der Waals surface area contributed by atoms with E-state index in [-0.39, 0.29) is 18.2 Å². The zero-order valence-electron chi connectivity index (χ0n) is 10.8. The summed E-state index contributed by atoms with van der Waals surface area (Å²) in [7, 11) is 0. The Hall–Kier alpha value is -2.23. The van der Waals surface area contributed by atoms with E-state index in [9.17, 15) is 9.90 Å². The van der Waals surface area contributed by atoms with Crippen LogP contribution in [0.2, 0.25) is 0 Å². The lowest BCUT2D eigenvalue weighted by molar-refractivity contribution is -0.137. The molecule has 1 unspecified atom stereocenters. The smallest absolute Gasteiger partial charge is 0.303 e. The standard InChI is InChI=1S/C15H17NO3/c1-10(8-9-15(18)19)16-13-6-2-5-12-11(13)4-3-7-14(12)17/h2-7,10,16-17H,8-9H2,1H3,(H,18,19). The highest BCUT2D eigenvalue weighted by Gasteiger charge is 2.08. The number of benzene rings is 2. The quantitative estimate of drug-likeness (QED) is 0.771. The van der Waals surface area contributed by atoms with Crippen molar-refractivity contribution in [3.63, 3.8) is 0 Å². The highest BCUT2D eigenvalue weighted by atomic mass is 16.4. The van der Waals surface area contributed by atoms with Gasteiger partial charge in [-0.15, -0.1) is 0 Å². The Morgan fingerprint density at radius 3 is 2.63 bits per heavy atom. The second-order valence-electron chi connectivity index (χ2n) is 4.66. The van der Waals surface area contributed by atoms with Crippen LogP contribution < -0.4 is 5.32 Å². The lowest BCUT2D eigenvalue weighted by Gasteiger charge is -2.16. The van der Waals surface area contributed by atoms with Gasteiger partial charge in [-0.2, -0.15) is 0 Å². The van der Waals surface area contributed by atoms with Crippen molar-refractivity contribution in [2.75, 3.05) is 5.32 Å². The number of nitrogens with one attached hydrogen (secondary N) is 1. The van der Waals surface area contributed by atoms with Gasteiger partial charge in [0.05, 0.1) is 0 Å². The predicted octanol–water partition coefficient (Wildman–Crippen LogP) is 3.21. The summed E-state index contributed by atoms with van der Waals surface area (Å²) in [6, 6.07) is 11.1. The average molecular weight is 259 g/mol. The first-order valence-electron chi connectivity index (χ1n) is 6.27. The van der Waals surface area contributed by atoms with Crippen LogP contribution in [0.4, 0.5) is 5.69 Å². The van der Waals surface area contributed by atoms with E-state index in [0.29, 0.717) is 6.42 Å². The molecule has 0 radical (unpaired) electrons. The van der Waals surface area contributed by atoms with Crippen LogP contribution in [0.25, 0.3) is 10.8 Å². The zero-order valence-corrected chi connectivity index (χ0v) is 10.8. The van der Waals surface area contributed by atoms with Gasteiger partial charge in [-0.25, -0.2) is 0 Å². The molecule has 0 bridgehead atoms. The molecule has 4 heteroatoms. The second-order valence-corrected chi connectivity index (χ2v) is 4.66. The summed E-state index contributed by atoms with van der Waals surface area (Å²) in [4.78, 5) is 10.6. The van der Waals surface area contributed by atoms with Crippen molar-refractivity contribution in [1.29, 1.82) is 0 Å². The van der Waals surface area contributed by atoms with Gasteiger partial charge in [0.15, 0.2) is 0 Å². The molecule has 4 nitrogen and oxygen atoms in total. The van der Waals surface area contributed by atoms with Crippen LogP contribution in [0.1, 0.15) is 19.8 Å². The number of phenols is 1. The molecule has 2 aromatic rings. The molecule has 0 saturated heterocycles. The fourth-order valence-corrected chi connectivity index (χ4v) is 2.10. The SMILES string of the molecule is CC(CCC(=O)O)Nc1cccc2c(O)cccc12. The normalized spacial score (nSPS) is 12.3. The minimum Gasteiger partial charge on any atom is -0.507 e. The number of hydrogen-bond acceptors (Lipinski definition) is 3. The van der Waals surface area contributed by atoms with E-state index >= 15 is 0 Å². The number of hydrogen-bond donors (Lipinski definition) is 3. The molecule has 0 fully saturated rings. The fourth-order valence-electron chi connectivity index (χ4n) is 2.10. The molecule has 0 aliphatic heterocycles. The summed E-state index contributed by atoms with van der Waals surface area (Å²) in [6.07, 6.45) is 0.703. The summed E-state index contributed by atoms with van der Waals surface area (Å²) >= 11 is 0. The average Bonchev–Trinajstić information content (AvgIpc) is 2.38. The topological polar surface area (TPSA) is 69.6 Å². The van der Waals surface area contributed by atoms with Crippen LogP contribution in [0.3, 0.4) is 0 Å². The Balaban J connectivity index is 2.21. The molecular weight excluding hydrogens is 242 g/mol. The van der Waals surface area contributed by atoms with Crippen molar-refractivity contribution < 1.29 is 15.0 Å². The summed E-state index contributed by atoms with van der Waals surface area (Å²) in [5.74, 6) is -0.538. The lowest BCUT2D eigenvalue weighted by Crippen LogP contribution is -2.16. The van der Waals surface area contributed by atoms with Crippen LogP contribution >= 0.6 is 0 Å². The summed E-state index contributed by atoms with van der Waals surface area (Å²) < 4.78 is 0. The third kappa shape index (κ3) is 3.16. The number of carbonyl (C=O) groups is 1. The number of carboxylic acids is 1. The molecule has 0 saturated carbocycles. The van der Waals surface area contributed by atoms with Crippen molar-refractivity contribution >= 4 is 22.4 Å². The van der Waals surface area contributed by atoms with Crippen molar-refractivity contribution in [3.05, 3.63) is 36.4 Å². The minimum atomic E-state index is -0.788. The van der Waals surface area contributed by atoms with Gasteiger partial charge in [0.2, 0.25) is 0 Å². The third-order valence-electron chi connectivity index (χ3n) is 3.09. The number of aliphatic carboxylic acids is 1. The number of fused-ring (bicyclic) bond motifs is 1. The molecule has 19 heavy (non-hydrogen) atoms. The maximum Gasteiger partial charge on any atom is 0.303 e. The van der Waals surface area contributed by atoms with Crippen LogP contribution in [-0.4, -0.2) is 22.2 Å². The van der Waals surface area contributed by atoms with Gasteiger partial charge >= 0.3 is 5.97 Å². The summed E-state index contributed by atoms with van der Waals surface area (Å²) in [5, 5.41) is 23.5. The molecule has 100 valence electrons. The van der Waals surface area contributed by atoms with E-state index in [2.05, 4.69) is 5.32 Å². The molecule has 0 aliphatic rings. The fraction of sp³-hybridized carbons (Fsp3) is 0.267. The Bertz CT molecular complexity index is 595. The van der Waals surface area contributed by atoms with Gasteiger partial charge in [-0.3, -0.25) is 4.79 Å². The van der Waals surface area contributed by atoms with Crippen LogP contribution in [0.5, 0.6) is 5.75 Å². The molecule has 0 aromatic heterocycles. The van der Waals surface area contributed by atoms with Gasteiger partial charge in [0, 0.05) is 28.9 Å². The van der Waals surface area contributed by atoms with Crippen LogP contribution in [0, 0.1) is 0 Å². The molecule has 2 rings (SSSR count). The second kappa shape index (κ2) is 5.61. The Morgan fingerprint density at radius 2 is 1.89 bits per heavy atom. The largest absolute Gasteiger partial charge is 0.507 e. The Labute approximate surface area is 111 Å². The zero-order chi connectivity index (χ0) is 13.8. The maximum atomic E-state index is 10.6. The van der Waals surface area contributed by atoms with Crippen molar-refractivity contribution in [2.45, 2.75) is 25.8 Å². The predicted molar refractivity (Wildman–Crippen MR) is 75.6 cm³/mol. The maximum absolute atomic E-state index is 10.6. The molecule has 0 aliphatic carbocycles. The molecule has 3 N–H and O–H groups in total. The summed E-state index contributed by atoms with van der Waals surface area (Å²) in [5.41, 5.74) is 0.909. The first-order chi connectivity index (χ1) is 9.08. The van der Waals surface area contributed by atoms with E-state index in [0.717, 1.165) is 16.5 Å². The van der Waals surface area contributed by atoms with E-state index < -0.39 is 5.97 Å². The van der Waals surface area contributed by atoms with Gasteiger partial charge in [-0.1, -0.05) is 24.3 Å². The first-order valence-corrected chi connectivity index (χ1v) is 6.27. The number of rotatable bonds is 5. The molecule has 1 atom stereocenters. The number of carboxylic acid groups (broad SMARTS) is 1. The van der Waals surface area contributed by atoms with Gasteiger partial charge in [-0.05, 0) is 25.5 Å². The van der Waals surface area contributed by atoms with E-state index in [1.54, 1.807) is 12.1 Å².